The Morgan fingerprint density at radius 2 is 1.66 bits per heavy atom. The number of hydrogen-bond donors (Lipinski definition) is 1. The van der Waals surface area contributed by atoms with E-state index in [1.807, 2.05) is 22.7 Å². The summed E-state index contributed by atoms with van der Waals surface area (Å²) in [5.41, 5.74) is 13.6. The van der Waals surface area contributed by atoms with E-state index in [1.54, 1.807) is 0 Å². The third-order valence-corrected chi connectivity index (χ3v) is 6.91. The Balaban J connectivity index is 0.00000216. The van der Waals surface area contributed by atoms with Crippen LogP contribution in [0.1, 0.15) is 24.8 Å². The molecule has 1 fully saturated rings. The van der Waals surface area contributed by atoms with Gasteiger partial charge in [0.2, 0.25) is 0 Å². The number of halogens is 2. The quantitative estimate of drug-likeness (QED) is 0.295. The third kappa shape index (κ3) is 3.41. The van der Waals surface area contributed by atoms with E-state index in [2.05, 4.69) is 76.7 Å². The number of nitrogens with two attached hydrogens (primary N) is 1. The summed E-state index contributed by atoms with van der Waals surface area (Å²) in [7, 11) is 0. The maximum absolute atomic E-state index is 6.54. The summed E-state index contributed by atoms with van der Waals surface area (Å²) >= 11 is 3.55. The Morgan fingerprint density at radius 1 is 0.906 bits per heavy atom. The van der Waals surface area contributed by atoms with E-state index in [0.29, 0.717) is 0 Å². The highest BCUT2D eigenvalue weighted by atomic mass is 79.9. The molecule has 0 saturated heterocycles. The van der Waals surface area contributed by atoms with Gasteiger partial charge < -0.3 is 5.73 Å². The summed E-state index contributed by atoms with van der Waals surface area (Å²) in [4.78, 5) is 5.12. The summed E-state index contributed by atoms with van der Waals surface area (Å²) in [6.07, 6.45) is 5.41. The second-order valence-corrected chi connectivity index (χ2v) is 9.30. The van der Waals surface area contributed by atoms with Crippen molar-refractivity contribution >= 4 is 44.9 Å². The van der Waals surface area contributed by atoms with Gasteiger partial charge in [-0.15, -0.1) is 12.4 Å². The lowest BCUT2D eigenvalue weighted by Crippen LogP contribution is -2.43. The van der Waals surface area contributed by atoms with Crippen molar-refractivity contribution in [1.29, 1.82) is 0 Å². The lowest BCUT2D eigenvalue weighted by Gasteiger charge is -2.38. The van der Waals surface area contributed by atoms with Crippen molar-refractivity contribution in [3.8, 4) is 22.4 Å². The molecule has 0 spiro atoms. The van der Waals surface area contributed by atoms with Crippen LogP contribution in [0.4, 0.5) is 0 Å². The Labute approximate surface area is 201 Å². The molecule has 0 atom stereocenters. The molecule has 4 nitrogen and oxygen atoms in total. The molecular weight excluding hydrogens is 484 g/mol. The summed E-state index contributed by atoms with van der Waals surface area (Å²) in [5, 5.41) is 5.81. The first-order valence-corrected chi connectivity index (χ1v) is 11.3. The maximum atomic E-state index is 6.54. The highest BCUT2D eigenvalue weighted by Crippen LogP contribution is 2.40. The van der Waals surface area contributed by atoms with E-state index in [0.717, 1.165) is 56.2 Å². The second-order valence-electron chi connectivity index (χ2n) is 8.39. The van der Waals surface area contributed by atoms with Crippen LogP contribution >= 0.6 is 28.3 Å². The predicted octanol–water partition coefficient (Wildman–Crippen LogP) is 6.74. The summed E-state index contributed by atoms with van der Waals surface area (Å²) in [6.45, 7) is 0. The minimum Gasteiger partial charge on any atom is -0.321 e. The molecule has 0 aliphatic heterocycles. The Kier molecular flexibility index (Phi) is 5.28. The number of aromatic nitrogens is 3. The van der Waals surface area contributed by atoms with Gasteiger partial charge in [0.15, 0.2) is 5.65 Å². The number of hydrogen-bond acceptors (Lipinski definition) is 3. The molecule has 6 heteroatoms. The molecule has 32 heavy (non-hydrogen) atoms. The van der Waals surface area contributed by atoms with E-state index in [-0.39, 0.29) is 17.9 Å². The van der Waals surface area contributed by atoms with Crippen molar-refractivity contribution in [2.75, 3.05) is 0 Å². The van der Waals surface area contributed by atoms with Gasteiger partial charge in [-0.25, -0.2) is 9.50 Å². The van der Waals surface area contributed by atoms with Crippen molar-refractivity contribution < 1.29 is 0 Å². The third-order valence-electron chi connectivity index (χ3n) is 6.42. The summed E-state index contributed by atoms with van der Waals surface area (Å²) in [6, 6.07) is 25.1. The fraction of sp³-hybridized carbons (Fsp3) is 0.154. The topological polar surface area (TPSA) is 56.2 Å². The Bertz CT molecular complexity index is 1420. The Hall–Kier alpha value is -2.73. The molecule has 1 aliphatic rings. The van der Waals surface area contributed by atoms with Crippen LogP contribution in [0.3, 0.4) is 0 Å². The second kappa shape index (κ2) is 8.00. The predicted molar refractivity (Wildman–Crippen MR) is 136 cm³/mol. The van der Waals surface area contributed by atoms with Gasteiger partial charge in [0.25, 0.3) is 0 Å². The van der Waals surface area contributed by atoms with Gasteiger partial charge >= 0.3 is 0 Å². The zero-order chi connectivity index (χ0) is 21.0. The van der Waals surface area contributed by atoms with Gasteiger partial charge in [0.1, 0.15) is 0 Å². The van der Waals surface area contributed by atoms with Gasteiger partial charge in [-0.05, 0) is 48.6 Å². The molecule has 0 radical (unpaired) electrons. The van der Waals surface area contributed by atoms with Crippen molar-refractivity contribution in [2.24, 2.45) is 5.73 Å². The van der Waals surface area contributed by atoms with Crippen LogP contribution in [0.2, 0.25) is 0 Å². The maximum Gasteiger partial charge on any atom is 0.163 e. The minimum absolute atomic E-state index is 0. The smallest absolute Gasteiger partial charge is 0.163 e. The molecule has 3 aromatic carbocycles. The number of rotatable bonds is 3. The normalized spacial score (nSPS) is 14.8. The first-order valence-electron chi connectivity index (χ1n) is 10.5. The van der Waals surface area contributed by atoms with Gasteiger partial charge in [-0.2, -0.15) is 5.10 Å². The van der Waals surface area contributed by atoms with Crippen molar-refractivity contribution in [1.82, 2.24) is 14.6 Å². The minimum atomic E-state index is -0.160. The molecule has 1 aliphatic carbocycles. The first-order chi connectivity index (χ1) is 15.1. The average molecular weight is 506 g/mol. The van der Waals surface area contributed by atoms with Crippen LogP contribution in [-0.2, 0) is 5.54 Å². The van der Waals surface area contributed by atoms with Crippen LogP contribution in [0.5, 0.6) is 0 Å². The zero-order valence-corrected chi connectivity index (χ0v) is 19.7. The van der Waals surface area contributed by atoms with Crippen LogP contribution in [0, 0.1) is 0 Å². The van der Waals surface area contributed by atoms with E-state index < -0.39 is 0 Å². The molecule has 0 unspecified atom stereocenters. The first kappa shape index (κ1) is 21.1. The average Bonchev–Trinajstić information content (AvgIpc) is 3.13. The van der Waals surface area contributed by atoms with Crippen molar-refractivity contribution in [3.05, 3.63) is 89.0 Å². The number of nitrogens with zero attached hydrogens (tertiary/aromatic N) is 3. The molecule has 5 aromatic rings. The molecule has 6 rings (SSSR count). The van der Waals surface area contributed by atoms with Crippen LogP contribution in [0.15, 0.2) is 83.5 Å². The lowest BCUT2D eigenvalue weighted by molar-refractivity contribution is 0.253. The zero-order valence-electron chi connectivity index (χ0n) is 17.3. The van der Waals surface area contributed by atoms with Gasteiger partial charge in [0, 0.05) is 32.7 Å². The highest BCUT2D eigenvalue weighted by Gasteiger charge is 2.34. The fourth-order valence-corrected chi connectivity index (χ4v) is 4.82. The molecular formula is C26H22BrClN4. The number of benzene rings is 3. The van der Waals surface area contributed by atoms with E-state index in [1.165, 1.54) is 12.0 Å². The molecule has 2 heterocycles. The van der Waals surface area contributed by atoms with Gasteiger partial charge in [0.05, 0.1) is 11.2 Å². The molecule has 1 saturated carbocycles. The van der Waals surface area contributed by atoms with Gasteiger partial charge in [-0.3, -0.25) is 0 Å². The van der Waals surface area contributed by atoms with Crippen LogP contribution < -0.4 is 5.73 Å². The van der Waals surface area contributed by atoms with Crippen LogP contribution in [-0.4, -0.2) is 14.6 Å². The fourth-order valence-electron chi connectivity index (χ4n) is 4.47. The van der Waals surface area contributed by atoms with Crippen molar-refractivity contribution in [3.63, 3.8) is 0 Å². The number of fused-ring (bicyclic) bond motifs is 3. The standard InChI is InChI=1S/C26H21BrN4.ClH/c27-20-11-12-21-23(15-20)30-31-16-22(17-5-2-1-3-6-17)24(29-25(21)31)18-7-9-19(10-8-18)26(28)13-4-14-26;/h1-3,5-12,15-16H,4,13-14,28H2;1H. The van der Waals surface area contributed by atoms with E-state index in [9.17, 15) is 0 Å². The molecule has 0 amide bonds. The Morgan fingerprint density at radius 3 is 2.34 bits per heavy atom. The molecule has 2 aromatic heterocycles. The van der Waals surface area contributed by atoms with Gasteiger partial charge in [-0.1, -0.05) is 70.5 Å². The molecule has 160 valence electrons. The summed E-state index contributed by atoms with van der Waals surface area (Å²) in [5.74, 6) is 0. The SMILES string of the molecule is Cl.NC1(c2ccc(-c3nc4c5ccc(Br)cc5nn4cc3-c3ccccc3)cc2)CCC1. The van der Waals surface area contributed by atoms with E-state index >= 15 is 0 Å². The van der Waals surface area contributed by atoms with E-state index in [4.69, 9.17) is 15.8 Å². The summed E-state index contributed by atoms with van der Waals surface area (Å²) < 4.78 is 2.90. The lowest BCUT2D eigenvalue weighted by atomic mass is 9.72. The van der Waals surface area contributed by atoms with Crippen molar-refractivity contribution in [2.45, 2.75) is 24.8 Å². The highest BCUT2D eigenvalue weighted by molar-refractivity contribution is 9.10. The van der Waals surface area contributed by atoms with Crippen LogP contribution in [0.25, 0.3) is 38.9 Å². The molecule has 0 bridgehead atoms. The largest absolute Gasteiger partial charge is 0.321 e. The molecule has 2 N–H and O–H groups in total. The monoisotopic (exact) mass is 504 g/mol.